The SMILES string of the molecule is NC1CCC(F)(Cc2cc(Cl)ccc2Cl)CC1. The van der Waals surface area contributed by atoms with Crippen molar-refractivity contribution in [2.45, 2.75) is 43.8 Å². The molecule has 1 saturated carbocycles. The van der Waals surface area contributed by atoms with Crippen LogP contribution in [0.15, 0.2) is 18.2 Å². The predicted molar refractivity (Wildman–Crippen MR) is 70.4 cm³/mol. The monoisotopic (exact) mass is 275 g/mol. The predicted octanol–water partition coefficient (Wildman–Crippen LogP) is 4.15. The fourth-order valence-electron chi connectivity index (χ4n) is 2.35. The third-order valence-electron chi connectivity index (χ3n) is 3.44. The van der Waals surface area contributed by atoms with E-state index in [-0.39, 0.29) is 6.04 Å². The zero-order valence-corrected chi connectivity index (χ0v) is 11.1. The van der Waals surface area contributed by atoms with Crippen molar-refractivity contribution in [2.24, 2.45) is 5.73 Å². The Bertz CT molecular complexity index is 400. The van der Waals surface area contributed by atoms with Crippen molar-refractivity contribution in [1.29, 1.82) is 0 Å². The Morgan fingerprint density at radius 2 is 1.94 bits per heavy atom. The van der Waals surface area contributed by atoms with Crippen LogP contribution in [0.2, 0.25) is 10.0 Å². The number of rotatable bonds is 2. The fraction of sp³-hybridized carbons (Fsp3) is 0.538. The molecular weight excluding hydrogens is 260 g/mol. The molecule has 1 fully saturated rings. The molecule has 0 spiro atoms. The topological polar surface area (TPSA) is 26.0 Å². The Morgan fingerprint density at radius 3 is 2.59 bits per heavy atom. The van der Waals surface area contributed by atoms with Crippen molar-refractivity contribution in [3.63, 3.8) is 0 Å². The molecule has 0 unspecified atom stereocenters. The maximum atomic E-state index is 14.6. The van der Waals surface area contributed by atoms with Crippen molar-refractivity contribution in [3.8, 4) is 0 Å². The van der Waals surface area contributed by atoms with Crippen LogP contribution in [0.4, 0.5) is 4.39 Å². The molecule has 0 amide bonds. The first kappa shape index (κ1) is 13.1. The zero-order chi connectivity index (χ0) is 12.5. The molecule has 1 nitrogen and oxygen atoms in total. The molecule has 0 bridgehead atoms. The van der Waals surface area contributed by atoms with Crippen LogP contribution >= 0.6 is 23.2 Å². The first-order valence-corrected chi connectivity index (χ1v) is 6.62. The number of alkyl halides is 1. The molecule has 0 radical (unpaired) electrons. The molecular formula is C13H16Cl2FN. The molecule has 0 atom stereocenters. The van der Waals surface area contributed by atoms with Gasteiger partial charge in [0.2, 0.25) is 0 Å². The summed E-state index contributed by atoms with van der Waals surface area (Å²) in [6.07, 6.45) is 2.84. The summed E-state index contributed by atoms with van der Waals surface area (Å²) in [5.41, 5.74) is 5.40. The number of benzene rings is 1. The number of halogens is 3. The molecule has 1 aromatic carbocycles. The van der Waals surface area contributed by atoms with E-state index in [1.165, 1.54) is 0 Å². The molecule has 17 heavy (non-hydrogen) atoms. The lowest BCUT2D eigenvalue weighted by Gasteiger charge is -2.32. The Labute approximate surface area is 111 Å². The lowest BCUT2D eigenvalue weighted by molar-refractivity contribution is 0.0995. The molecule has 0 aliphatic heterocycles. The largest absolute Gasteiger partial charge is 0.328 e. The van der Waals surface area contributed by atoms with Crippen LogP contribution < -0.4 is 5.73 Å². The van der Waals surface area contributed by atoms with Crippen molar-refractivity contribution in [3.05, 3.63) is 33.8 Å². The zero-order valence-electron chi connectivity index (χ0n) is 9.56. The van der Waals surface area contributed by atoms with E-state index in [2.05, 4.69) is 0 Å². The highest BCUT2D eigenvalue weighted by molar-refractivity contribution is 6.33. The summed E-state index contributed by atoms with van der Waals surface area (Å²) in [7, 11) is 0. The third-order valence-corrected chi connectivity index (χ3v) is 4.05. The molecule has 2 N–H and O–H groups in total. The Balaban J connectivity index is 2.12. The first-order chi connectivity index (χ1) is 7.98. The van der Waals surface area contributed by atoms with E-state index in [1.54, 1.807) is 18.2 Å². The highest BCUT2D eigenvalue weighted by Crippen LogP contribution is 2.36. The van der Waals surface area contributed by atoms with Crippen molar-refractivity contribution in [1.82, 2.24) is 0 Å². The number of hydrogen-bond acceptors (Lipinski definition) is 1. The van der Waals surface area contributed by atoms with E-state index >= 15 is 0 Å². The van der Waals surface area contributed by atoms with Gasteiger partial charge in [0.15, 0.2) is 0 Å². The van der Waals surface area contributed by atoms with E-state index in [9.17, 15) is 4.39 Å². The Morgan fingerprint density at radius 1 is 1.29 bits per heavy atom. The highest BCUT2D eigenvalue weighted by atomic mass is 35.5. The van der Waals surface area contributed by atoms with Gasteiger partial charge in [0.1, 0.15) is 5.67 Å². The van der Waals surface area contributed by atoms with Crippen molar-refractivity contribution in [2.75, 3.05) is 0 Å². The van der Waals surface area contributed by atoms with Gasteiger partial charge < -0.3 is 5.73 Å². The second-order valence-corrected chi connectivity index (χ2v) is 5.74. The van der Waals surface area contributed by atoms with Gasteiger partial charge in [-0.2, -0.15) is 0 Å². The van der Waals surface area contributed by atoms with Crippen LogP contribution in [-0.2, 0) is 6.42 Å². The molecule has 1 aromatic rings. The van der Waals surface area contributed by atoms with Crippen molar-refractivity contribution < 1.29 is 4.39 Å². The van der Waals surface area contributed by atoms with E-state index < -0.39 is 5.67 Å². The van der Waals surface area contributed by atoms with Crippen LogP contribution in [0.25, 0.3) is 0 Å². The summed E-state index contributed by atoms with van der Waals surface area (Å²) in [5, 5.41) is 1.18. The van der Waals surface area contributed by atoms with E-state index in [0.717, 1.165) is 18.4 Å². The number of hydrogen-bond donors (Lipinski definition) is 1. The summed E-state index contributed by atoms with van der Waals surface area (Å²) in [6.45, 7) is 0. The van der Waals surface area contributed by atoms with Gasteiger partial charge in [-0.25, -0.2) is 4.39 Å². The average molecular weight is 276 g/mol. The maximum Gasteiger partial charge on any atom is 0.115 e. The normalized spacial score (nSPS) is 29.3. The van der Waals surface area contributed by atoms with Gasteiger partial charge in [-0.15, -0.1) is 0 Å². The fourth-order valence-corrected chi connectivity index (χ4v) is 2.73. The maximum absolute atomic E-state index is 14.6. The van der Waals surface area contributed by atoms with Gasteiger partial charge >= 0.3 is 0 Å². The highest BCUT2D eigenvalue weighted by Gasteiger charge is 2.34. The Kier molecular flexibility index (Phi) is 3.96. The molecule has 1 aliphatic carbocycles. The standard InChI is InChI=1S/C13H16Cl2FN/c14-10-1-2-12(15)9(7-10)8-13(16)5-3-11(17)4-6-13/h1-2,7,11H,3-6,8,17H2. The molecule has 1 aliphatic rings. The van der Waals surface area contributed by atoms with Crippen LogP contribution in [-0.4, -0.2) is 11.7 Å². The summed E-state index contributed by atoms with van der Waals surface area (Å²) in [6, 6.07) is 5.33. The molecule has 0 saturated heterocycles. The minimum Gasteiger partial charge on any atom is -0.328 e. The quantitative estimate of drug-likeness (QED) is 0.863. The molecule has 94 valence electrons. The second-order valence-electron chi connectivity index (χ2n) is 4.90. The van der Waals surface area contributed by atoms with E-state index in [4.69, 9.17) is 28.9 Å². The number of nitrogens with two attached hydrogens (primary N) is 1. The molecule has 0 aromatic heterocycles. The van der Waals surface area contributed by atoms with Crippen molar-refractivity contribution >= 4 is 23.2 Å². The van der Waals surface area contributed by atoms with Crippen LogP contribution in [0, 0.1) is 0 Å². The van der Waals surface area contributed by atoms with Crippen LogP contribution in [0.1, 0.15) is 31.2 Å². The van der Waals surface area contributed by atoms with Gasteiger partial charge in [-0.3, -0.25) is 0 Å². The first-order valence-electron chi connectivity index (χ1n) is 5.87. The van der Waals surface area contributed by atoms with E-state index in [0.29, 0.717) is 29.3 Å². The lowest BCUT2D eigenvalue weighted by Crippen LogP contribution is -2.37. The second kappa shape index (κ2) is 5.13. The minimum absolute atomic E-state index is 0.147. The van der Waals surface area contributed by atoms with Gasteiger partial charge in [-0.1, -0.05) is 23.2 Å². The molecule has 0 heterocycles. The van der Waals surface area contributed by atoms with Gasteiger partial charge in [0.25, 0.3) is 0 Å². The van der Waals surface area contributed by atoms with Gasteiger partial charge in [0, 0.05) is 22.5 Å². The summed E-state index contributed by atoms with van der Waals surface area (Å²) in [5.74, 6) is 0. The molecule has 4 heteroatoms. The van der Waals surface area contributed by atoms with Gasteiger partial charge in [-0.05, 0) is 49.4 Å². The van der Waals surface area contributed by atoms with Crippen LogP contribution in [0.5, 0.6) is 0 Å². The third kappa shape index (κ3) is 3.34. The van der Waals surface area contributed by atoms with Crippen LogP contribution in [0.3, 0.4) is 0 Å². The molecule has 2 rings (SSSR count). The van der Waals surface area contributed by atoms with E-state index in [1.807, 2.05) is 0 Å². The summed E-state index contributed by atoms with van der Waals surface area (Å²) in [4.78, 5) is 0. The van der Waals surface area contributed by atoms with Gasteiger partial charge in [0.05, 0.1) is 0 Å². The minimum atomic E-state index is -1.18. The smallest absolute Gasteiger partial charge is 0.115 e. The summed E-state index contributed by atoms with van der Waals surface area (Å²) < 4.78 is 14.6. The lowest BCUT2D eigenvalue weighted by atomic mass is 9.80. The summed E-state index contributed by atoms with van der Waals surface area (Å²) >= 11 is 12.0. The average Bonchev–Trinajstić information content (AvgIpc) is 2.28. The Hall–Kier alpha value is -0.310.